The maximum absolute atomic E-state index is 12.6. The lowest BCUT2D eigenvalue weighted by Crippen LogP contribution is -2.36. The van der Waals surface area contributed by atoms with Crippen molar-refractivity contribution in [2.45, 2.75) is 95.1 Å². The van der Waals surface area contributed by atoms with Gasteiger partial charge in [0.1, 0.15) is 18.0 Å². The Hall–Kier alpha value is -1.47. The molecule has 5 nitrogen and oxygen atoms in total. The van der Waals surface area contributed by atoms with Gasteiger partial charge >= 0.3 is 0 Å². The first-order valence-electron chi connectivity index (χ1n) is 11.2. The second kappa shape index (κ2) is 11.6. The van der Waals surface area contributed by atoms with Crippen LogP contribution in [0, 0.1) is 0 Å². The SMILES string of the molecule is C=CC[C@H](OCc1ccc(OC)cc1)[C@@H]1OC(C)(C)O[C@H]1/C=C\C[C@H](C)S(=O)C(C)(C)C. The normalized spacial score (nSPS) is 23.7. The molecule has 32 heavy (non-hydrogen) atoms. The molecule has 1 aliphatic rings. The van der Waals surface area contributed by atoms with Crippen LogP contribution in [0.2, 0.25) is 0 Å². The van der Waals surface area contributed by atoms with Crippen LogP contribution in [0.25, 0.3) is 0 Å². The molecule has 0 spiro atoms. The summed E-state index contributed by atoms with van der Waals surface area (Å²) in [6.07, 6.45) is 6.59. The highest BCUT2D eigenvalue weighted by molar-refractivity contribution is 7.87. The largest absolute Gasteiger partial charge is 0.497 e. The minimum atomic E-state index is -0.918. The van der Waals surface area contributed by atoms with Gasteiger partial charge in [-0.25, -0.2) is 0 Å². The van der Waals surface area contributed by atoms with Crippen molar-refractivity contribution in [3.05, 3.63) is 54.6 Å². The van der Waals surface area contributed by atoms with Crippen molar-refractivity contribution in [1.29, 1.82) is 0 Å². The molecule has 2 rings (SSSR count). The quantitative estimate of drug-likeness (QED) is 0.401. The summed E-state index contributed by atoms with van der Waals surface area (Å²) in [5.74, 6) is 0.111. The molecule has 1 saturated heterocycles. The molecule has 0 saturated carbocycles. The first kappa shape index (κ1) is 26.8. The van der Waals surface area contributed by atoms with E-state index in [-0.39, 0.29) is 28.3 Å². The van der Waals surface area contributed by atoms with Gasteiger partial charge in [-0.3, -0.25) is 4.21 Å². The van der Waals surface area contributed by atoms with E-state index in [4.69, 9.17) is 18.9 Å². The second-order valence-electron chi connectivity index (χ2n) is 9.67. The van der Waals surface area contributed by atoms with Crippen LogP contribution >= 0.6 is 0 Å². The van der Waals surface area contributed by atoms with E-state index in [1.807, 2.05) is 78.0 Å². The van der Waals surface area contributed by atoms with Crippen molar-refractivity contribution >= 4 is 10.8 Å². The molecule has 6 heteroatoms. The summed E-state index contributed by atoms with van der Waals surface area (Å²) in [5, 5.41) is 0.0651. The lowest BCUT2D eigenvalue weighted by Gasteiger charge is -2.25. The zero-order valence-corrected chi connectivity index (χ0v) is 21.4. The van der Waals surface area contributed by atoms with Crippen molar-refractivity contribution in [3.63, 3.8) is 0 Å². The molecule has 0 aliphatic carbocycles. The van der Waals surface area contributed by atoms with Crippen molar-refractivity contribution in [3.8, 4) is 5.75 Å². The fourth-order valence-electron chi connectivity index (χ4n) is 3.74. The lowest BCUT2D eigenvalue weighted by atomic mass is 10.0. The van der Waals surface area contributed by atoms with E-state index in [2.05, 4.69) is 12.7 Å². The van der Waals surface area contributed by atoms with Gasteiger partial charge in [-0.15, -0.1) is 6.58 Å². The average Bonchev–Trinajstić information content (AvgIpc) is 3.04. The summed E-state index contributed by atoms with van der Waals surface area (Å²) >= 11 is 0. The number of hydrogen-bond donors (Lipinski definition) is 0. The van der Waals surface area contributed by atoms with Crippen molar-refractivity contribution in [1.82, 2.24) is 0 Å². The van der Waals surface area contributed by atoms with E-state index in [0.717, 1.165) is 17.7 Å². The fourth-order valence-corrected chi connectivity index (χ4v) is 5.23. The van der Waals surface area contributed by atoms with Gasteiger partial charge in [0.2, 0.25) is 0 Å². The molecule has 0 aromatic heterocycles. The van der Waals surface area contributed by atoms with Gasteiger partial charge in [0.25, 0.3) is 0 Å². The van der Waals surface area contributed by atoms with E-state index in [0.29, 0.717) is 13.0 Å². The van der Waals surface area contributed by atoms with Crippen LogP contribution < -0.4 is 4.74 Å². The average molecular weight is 465 g/mol. The van der Waals surface area contributed by atoms with Crippen molar-refractivity contribution in [2.75, 3.05) is 7.11 Å². The molecule has 0 amide bonds. The van der Waals surface area contributed by atoms with Crippen LogP contribution in [0.1, 0.15) is 59.9 Å². The van der Waals surface area contributed by atoms with Gasteiger partial charge in [-0.2, -0.15) is 0 Å². The number of methoxy groups -OCH3 is 1. The van der Waals surface area contributed by atoms with Crippen LogP contribution in [0.3, 0.4) is 0 Å². The lowest BCUT2D eigenvalue weighted by molar-refractivity contribution is -0.159. The number of hydrogen-bond acceptors (Lipinski definition) is 5. The minimum absolute atomic E-state index is 0.0651. The molecule has 1 aromatic carbocycles. The maximum atomic E-state index is 12.6. The van der Waals surface area contributed by atoms with Gasteiger partial charge in [-0.05, 0) is 65.2 Å². The highest BCUT2D eigenvalue weighted by Gasteiger charge is 2.44. The number of ether oxygens (including phenoxy) is 4. The molecule has 0 radical (unpaired) electrons. The highest BCUT2D eigenvalue weighted by atomic mass is 32.2. The number of allylic oxidation sites excluding steroid dienone is 1. The Morgan fingerprint density at radius 1 is 1.19 bits per heavy atom. The van der Waals surface area contributed by atoms with E-state index in [9.17, 15) is 4.21 Å². The van der Waals surface area contributed by atoms with Crippen LogP contribution in [-0.2, 0) is 31.6 Å². The predicted molar refractivity (Wildman–Crippen MR) is 131 cm³/mol. The molecule has 1 aromatic rings. The molecule has 180 valence electrons. The Balaban J connectivity index is 2.07. The Bertz CT molecular complexity index is 778. The monoisotopic (exact) mass is 464 g/mol. The van der Waals surface area contributed by atoms with E-state index in [1.165, 1.54) is 0 Å². The molecule has 1 aliphatic heterocycles. The third-order valence-corrected chi connectivity index (χ3v) is 7.45. The van der Waals surface area contributed by atoms with Gasteiger partial charge in [0.15, 0.2) is 5.79 Å². The summed E-state index contributed by atoms with van der Waals surface area (Å²) in [5.41, 5.74) is 1.06. The van der Waals surface area contributed by atoms with Gasteiger partial charge in [-0.1, -0.05) is 37.3 Å². The van der Waals surface area contributed by atoms with Gasteiger partial charge < -0.3 is 18.9 Å². The smallest absolute Gasteiger partial charge is 0.164 e. The minimum Gasteiger partial charge on any atom is -0.497 e. The Kier molecular flexibility index (Phi) is 9.70. The molecule has 1 heterocycles. The Morgan fingerprint density at radius 3 is 2.41 bits per heavy atom. The summed E-state index contributed by atoms with van der Waals surface area (Å²) in [6.45, 7) is 16.2. The fraction of sp³-hybridized carbons (Fsp3) is 0.615. The summed E-state index contributed by atoms with van der Waals surface area (Å²) in [6, 6.07) is 7.84. The highest BCUT2D eigenvalue weighted by Crippen LogP contribution is 2.33. The van der Waals surface area contributed by atoms with Crippen LogP contribution in [-0.4, -0.2) is 45.4 Å². The zero-order valence-electron chi connectivity index (χ0n) is 20.6. The number of rotatable bonds is 11. The summed E-state index contributed by atoms with van der Waals surface area (Å²) in [4.78, 5) is 0. The first-order chi connectivity index (χ1) is 15.0. The van der Waals surface area contributed by atoms with E-state index >= 15 is 0 Å². The van der Waals surface area contributed by atoms with Crippen molar-refractivity contribution < 1.29 is 23.2 Å². The standard InChI is InChI=1S/C26H40O5S/c1-9-11-22(29-18-20-14-16-21(28-8)17-15-20)24-23(30-26(6,7)31-24)13-10-12-19(2)32(27)25(3,4)5/h9-10,13-17,19,22-24H,1,11-12,18H2,2-8H3/b13-10-/t19-,22-,23-,24-,32?/m0/s1. The Labute approximate surface area is 196 Å². The second-order valence-corrected chi connectivity index (χ2v) is 12.3. The third-order valence-electron chi connectivity index (χ3n) is 5.31. The first-order valence-corrected chi connectivity index (χ1v) is 12.5. The molecule has 5 atom stereocenters. The van der Waals surface area contributed by atoms with Gasteiger partial charge in [0, 0.05) is 20.8 Å². The predicted octanol–water partition coefficient (Wildman–Crippen LogP) is 5.56. The molecular formula is C26H40O5S. The molecule has 0 bridgehead atoms. The topological polar surface area (TPSA) is 54.0 Å². The summed E-state index contributed by atoms with van der Waals surface area (Å²) < 4.78 is 36.2. The Morgan fingerprint density at radius 2 is 1.84 bits per heavy atom. The summed E-state index contributed by atoms with van der Waals surface area (Å²) in [7, 11) is 0.735. The van der Waals surface area contributed by atoms with Crippen LogP contribution in [0.5, 0.6) is 5.75 Å². The van der Waals surface area contributed by atoms with Gasteiger partial charge in [0.05, 0.1) is 19.8 Å². The molecule has 1 fully saturated rings. The molecular weight excluding hydrogens is 424 g/mol. The molecule has 0 N–H and O–H groups in total. The molecule has 1 unspecified atom stereocenters. The van der Waals surface area contributed by atoms with Crippen LogP contribution in [0.15, 0.2) is 49.1 Å². The third kappa shape index (κ3) is 7.84. The van der Waals surface area contributed by atoms with E-state index in [1.54, 1.807) is 7.11 Å². The van der Waals surface area contributed by atoms with Crippen LogP contribution in [0.4, 0.5) is 0 Å². The number of benzene rings is 1. The van der Waals surface area contributed by atoms with Crippen molar-refractivity contribution in [2.24, 2.45) is 0 Å². The van der Waals surface area contributed by atoms with E-state index < -0.39 is 16.6 Å². The zero-order chi connectivity index (χ0) is 23.9. The maximum Gasteiger partial charge on any atom is 0.164 e.